The molecule has 0 aliphatic rings. The standard InChI is InChI=1S/C52H93N13O11/c1-30(2)19-38(48(72)58-46(33(7)8)52(76)60(13)26-42(67)57-35(10)29-66)62(15)44(69)27-59(12)43(68)25-56-47(71)39(23-34(9)22-37(55)24-53)63(16)45(70)28-61(14)50(74)40(20-31(3)4)65(18)51(75)41(21-32(5)6)64(17)49(73)36(11)54/h29-41,46H,19-23,25-28,54-55H2,1-18H3,(H,56,71)(H,57,67)(H,58,72)/t34-,35+,36+,37?,38+,39?,40+,41+,46+/m0/s1. The van der Waals surface area contributed by atoms with E-state index in [1.165, 1.54) is 82.8 Å². The van der Waals surface area contributed by atoms with Gasteiger partial charge in [-0.25, -0.2) is 0 Å². The lowest BCUT2D eigenvalue weighted by atomic mass is 9.94. The SMILES string of the molecule is CC(C)C[C@H](C(=O)N[C@@H](C(=O)N(C)CC(=O)N[C@H](C)C=O)C(C)C)N(C)C(=O)CN(C)C(=O)CNC(=O)C(C[C@@H](C)CC(N)C#N)N(C)C(=O)CN(C)C(=O)[C@@H](CC(C)C)N(C)C(=O)[C@@H](CC(C)C)N(C)C(=O)[C@@H](C)N. The monoisotopic (exact) mass is 1080 g/mol. The Morgan fingerprint density at radius 2 is 0.934 bits per heavy atom. The van der Waals surface area contributed by atoms with Crippen LogP contribution < -0.4 is 27.4 Å². The van der Waals surface area contributed by atoms with Crippen LogP contribution in [0.3, 0.4) is 0 Å². The molecule has 0 aromatic heterocycles. The molecular formula is C52H93N13O11. The van der Waals surface area contributed by atoms with Gasteiger partial charge in [0.1, 0.15) is 36.5 Å². The number of nitrogens with two attached hydrogens (primary N) is 2. The second-order valence-electron chi connectivity index (χ2n) is 22.0. The normalized spacial score (nSPS) is 14.8. The molecule has 9 atom stereocenters. The number of nitrogens with zero attached hydrogens (tertiary/aromatic N) is 8. The first-order valence-corrected chi connectivity index (χ1v) is 26.1. The van der Waals surface area contributed by atoms with Gasteiger partial charge in [-0.05, 0) is 75.5 Å². The molecule has 24 nitrogen and oxygen atoms in total. The van der Waals surface area contributed by atoms with Gasteiger partial charge >= 0.3 is 0 Å². The summed E-state index contributed by atoms with van der Waals surface area (Å²) in [7, 11) is 9.87. The number of aldehydes is 1. The van der Waals surface area contributed by atoms with Crippen LogP contribution in [0.15, 0.2) is 0 Å². The summed E-state index contributed by atoms with van der Waals surface area (Å²) in [5, 5.41) is 17.2. The zero-order valence-electron chi connectivity index (χ0n) is 48.7. The quantitative estimate of drug-likeness (QED) is 0.0525. The van der Waals surface area contributed by atoms with E-state index in [-0.39, 0.29) is 55.9 Å². The van der Waals surface area contributed by atoms with Crippen molar-refractivity contribution in [3.05, 3.63) is 0 Å². The number of nitriles is 1. The lowest BCUT2D eigenvalue weighted by Crippen LogP contribution is -2.58. The largest absolute Gasteiger partial charge is 0.345 e. The minimum Gasteiger partial charge on any atom is -0.345 e. The number of amides is 10. The highest BCUT2D eigenvalue weighted by Gasteiger charge is 2.39. The van der Waals surface area contributed by atoms with Crippen molar-refractivity contribution in [1.29, 1.82) is 5.26 Å². The first-order valence-electron chi connectivity index (χ1n) is 26.1. The molecule has 0 fully saturated rings. The maximum absolute atomic E-state index is 14.2. The fourth-order valence-electron chi connectivity index (χ4n) is 8.34. The minimum atomic E-state index is -1.23. The van der Waals surface area contributed by atoms with Crippen LogP contribution in [0, 0.1) is 40.9 Å². The number of likely N-dealkylation sites (N-methyl/N-ethyl adjacent to an activating group) is 7. The molecule has 0 heterocycles. The molecular weight excluding hydrogens is 983 g/mol. The topological polar surface area (TPSA) is 322 Å². The molecule has 0 rings (SSSR count). The number of nitrogens with one attached hydrogen (secondary N) is 3. The highest BCUT2D eigenvalue weighted by molar-refractivity contribution is 5.97. The third kappa shape index (κ3) is 22.9. The van der Waals surface area contributed by atoms with Crippen LogP contribution in [-0.4, -0.2) is 224 Å². The maximum atomic E-state index is 14.2. The van der Waals surface area contributed by atoms with E-state index in [4.69, 9.17) is 11.5 Å². The fraction of sp³-hybridized carbons (Fsp3) is 0.769. The first-order chi connectivity index (χ1) is 35.0. The molecule has 76 heavy (non-hydrogen) atoms. The van der Waals surface area contributed by atoms with Gasteiger partial charge < -0.3 is 66.5 Å². The van der Waals surface area contributed by atoms with Crippen molar-refractivity contribution < 1.29 is 52.7 Å². The molecule has 0 saturated carbocycles. The van der Waals surface area contributed by atoms with E-state index in [2.05, 4.69) is 16.0 Å². The third-order valence-electron chi connectivity index (χ3n) is 13.0. The third-order valence-corrected chi connectivity index (χ3v) is 13.0. The van der Waals surface area contributed by atoms with E-state index >= 15 is 0 Å². The molecule has 2 unspecified atom stereocenters. The van der Waals surface area contributed by atoms with Gasteiger partial charge in [0.05, 0.1) is 50.4 Å². The van der Waals surface area contributed by atoms with E-state index in [1.54, 1.807) is 20.8 Å². The van der Waals surface area contributed by atoms with Gasteiger partial charge in [-0.3, -0.25) is 47.9 Å². The van der Waals surface area contributed by atoms with Gasteiger partial charge in [-0.2, -0.15) is 5.26 Å². The molecule has 0 aliphatic heterocycles. The van der Waals surface area contributed by atoms with Crippen LogP contribution in [-0.2, 0) is 52.7 Å². The molecule has 7 N–H and O–H groups in total. The molecule has 10 amide bonds. The number of rotatable bonds is 32. The Morgan fingerprint density at radius 3 is 1.38 bits per heavy atom. The van der Waals surface area contributed by atoms with Crippen LogP contribution in [0.5, 0.6) is 0 Å². The van der Waals surface area contributed by atoms with Crippen LogP contribution in [0.4, 0.5) is 0 Å². The van der Waals surface area contributed by atoms with E-state index in [1.807, 2.05) is 47.6 Å². The molecule has 0 aromatic carbocycles. The predicted molar refractivity (Wildman–Crippen MR) is 287 cm³/mol. The minimum absolute atomic E-state index is 0.00139. The van der Waals surface area contributed by atoms with Crippen molar-refractivity contribution >= 4 is 65.4 Å². The second-order valence-corrected chi connectivity index (χ2v) is 22.0. The Hall–Kier alpha value is -6.22. The van der Waals surface area contributed by atoms with Crippen LogP contribution in [0.1, 0.15) is 108 Å². The van der Waals surface area contributed by atoms with E-state index in [0.29, 0.717) is 12.7 Å². The molecule has 432 valence electrons. The highest BCUT2D eigenvalue weighted by Crippen LogP contribution is 2.21. The summed E-state index contributed by atoms with van der Waals surface area (Å²) in [6.07, 6.45) is 1.42. The van der Waals surface area contributed by atoms with Gasteiger partial charge in [0.2, 0.25) is 59.1 Å². The molecule has 0 saturated heterocycles. The van der Waals surface area contributed by atoms with Crippen LogP contribution >= 0.6 is 0 Å². The molecule has 0 aliphatic carbocycles. The molecule has 0 bridgehead atoms. The van der Waals surface area contributed by atoms with Crippen molar-refractivity contribution in [2.24, 2.45) is 41.1 Å². The van der Waals surface area contributed by atoms with Crippen molar-refractivity contribution in [2.75, 3.05) is 75.5 Å². The van der Waals surface area contributed by atoms with E-state index in [0.717, 1.165) is 14.7 Å². The Kier molecular flexibility index (Phi) is 30.3. The maximum Gasteiger partial charge on any atom is 0.245 e. The van der Waals surface area contributed by atoms with E-state index < -0.39 is 133 Å². The van der Waals surface area contributed by atoms with Gasteiger partial charge in [0, 0.05) is 49.3 Å². The van der Waals surface area contributed by atoms with Gasteiger partial charge in [0.25, 0.3) is 0 Å². The second kappa shape index (κ2) is 33.0. The fourth-order valence-corrected chi connectivity index (χ4v) is 8.34. The summed E-state index contributed by atoms with van der Waals surface area (Å²) in [5.41, 5.74) is 11.8. The van der Waals surface area contributed by atoms with Gasteiger partial charge in [0.15, 0.2) is 0 Å². The van der Waals surface area contributed by atoms with Crippen LogP contribution in [0.25, 0.3) is 0 Å². The number of hydrogen-bond donors (Lipinski definition) is 5. The lowest BCUT2D eigenvalue weighted by Gasteiger charge is -2.37. The van der Waals surface area contributed by atoms with Crippen molar-refractivity contribution in [3.63, 3.8) is 0 Å². The van der Waals surface area contributed by atoms with Crippen molar-refractivity contribution in [1.82, 2.24) is 50.2 Å². The zero-order chi connectivity index (χ0) is 59.2. The average molecular weight is 1080 g/mol. The zero-order valence-corrected chi connectivity index (χ0v) is 48.7. The Labute approximate surface area is 451 Å². The Morgan fingerprint density at radius 1 is 0.500 bits per heavy atom. The number of hydrogen-bond acceptors (Lipinski definition) is 14. The van der Waals surface area contributed by atoms with E-state index in [9.17, 15) is 58.0 Å². The first kappa shape index (κ1) is 69.8. The predicted octanol–water partition coefficient (Wildman–Crippen LogP) is -0.617. The summed E-state index contributed by atoms with van der Waals surface area (Å²) in [6.45, 7) is 17.4. The van der Waals surface area contributed by atoms with Crippen molar-refractivity contribution in [3.8, 4) is 6.07 Å². The molecule has 0 spiro atoms. The smallest absolute Gasteiger partial charge is 0.245 e. The van der Waals surface area contributed by atoms with Crippen LogP contribution in [0.2, 0.25) is 0 Å². The summed E-state index contributed by atoms with van der Waals surface area (Å²) >= 11 is 0. The summed E-state index contributed by atoms with van der Waals surface area (Å²) < 4.78 is 0. The van der Waals surface area contributed by atoms with Crippen molar-refractivity contribution in [2.45, 2.75) is 157 Å². The number of carbonyl (C=O) groups excluding carboxylic acids is 11. The Bertz CT molecular complexity index is 2040. The highest BCUT2D eigenvalue weighted by atomic mass is 16.2. The summed E-state index contributed by atoms with van der Waals surface area (Å²) in [4.78, 5) is 156. The molecule has 0 aromatic rings. The summed E-state index contributed by atoms with van der Waals surface area (Å²) in [6, 6.07) is -5.89. The van der Waals surface area contributed by atoms with Gasteiger partial charge in [-0.15, -0.1) is 0 Å². The summed E-state index contributed by atoms with van der Waals surface area (Å²) in [5.74, 6) is -6.99. The number of carbonyl (C=O) groups is 11. The Balaban J connectivity index is 6.40. The lowest BCUT2D eigenvalue weighted by molar-refractivity contribution is -0.152. The molecule has 0 radical (unpaired) electrons. The average Bonchev–Trinajstić information content (AvgIpc) is 3.33. The molecule has 24 heteroatoms. The van der Waals surface area contributed by atoms with Gasteiger partial charge in [-0.1, -0.05) is 62.3 Å².